The number of aromatic nitrogens is 1. The van der Waals surface area contributed by atoms with E-state index in [2.05, 4.69) is 42.5 Å². The molecule has 0 saturated carbocycles. The van der Waals surface area contributed by atoms with Crippen LogP contribution in [0.25, 0.3) is 22.6 Å². The van der Waals surface area contributed by atoms with Crippen molar-refractivity contribution in [3.8, 4) is 11.5 Å². The second-order valence-electron chi connectivity index (χ2n) is 10.1. The van der Waals surface area contributed by atoms with Crippen LogP contribution in [0.3, 0.4) is 0 Å². The SMILES string of the molecule is Cc1ccc(CCNC(=O)c2c3nc4c(C(=O)NCCc5ccc(C)cc5)ccc(Br)c4oc-3c(Br)c(=O)c2N)cc1. The lowest BCUT2D eigenvalue weighted by molar-refractivity contribution is 0.0947. The van der Waals surface area contributed by atoms with Crippen LogP contribution in [0.1, 0.15) is 43.0 Å². The Kier molecular flexibility index (Phi) is 8.74. The van der Waals surface area contributed by atoms with E-state index in [1.807, 2.05) is 62.4 Å². The molecule has 0 spiro atoms. The molecule has 0 radical (unpaired) electrons. The molecule has 0 saturated heterocycles. The van der Waals surface area contributed by atoms with Crippen LogP contribution < -0.4 is 21.8 Å². The van der Waals surface area contributed by atoms with E-state index >= 15 is 0 Å². The predicted octanol–water partition coefficient (Wildman–Crippen LogP) is 5.96. The minimum atomic E-state index is -0.586. The van der Waals surface area contributed by atoms with Gasteiger partial charge in [0.05, 0.1) is 21.3 Å². The Bertz CT molecular complexity index is 1830. The van der Waals surface area contributed by atoms with Crippen LogP contribution in [0.2, 0.25) is 0 Å². The lowest BCUT2D eigenvalue weighted by Gasteiger charge is -2.16. The van der Waals surface area contributed by atoms with Gasteiger partial charge in [-0.15, -0.1) is 0 Å². The molecule has 3 aromatic rings. The molecular weight excluding hydrogens is 664 g/mol. The minimum absolute atomic E-state index is 0.0421. The number of hydrogen-bond acceptors (Lipinski definition) is 6. The van der Waals surface area contributed by atoms with Crippen LogP contribution in [0.15, 0.2) is 78.8 Å². The Morgan fingerprint density at radius 2 is 1.38 bits per heavy atom. The summed E-state index contributed by atoms with van der Waals surface area (Å²) in [5.41, 5.74) is 10.5. The molecule has 42 heavy (non-hydrogen) atoms. The quantitative estimate of drug-likeness (QED) is 0.136. The van der Waals surface area contributed by atoms with E-state index < -0.39 is 11.3 Å². The fraction of sp³-hybridized carbons (Fsp3) is 0.188. The van der Waals surface area contributed by atoms with Crippen molar-refractivity contribution < 1.29 is 14.0 Å². The molecule has 2 amide bonds. The number of halogens is 2. The van der Waals surface area contributed by atoms with Gasteiger partial charge in [0.15, 0.2) is 11.3 Å². The van der Waals surface area contributed by atoms with E-state index in [0.29, 0.717) is 30.4 Å². The van der Waals surface area contributed by atoms with Crippen LogP contribution in [-0.2, 0) is 12.8 Å². The molecule has 214 valence electrons. The summed E-state index contributed by atoms with van der Waals surface area (Å²) in [6.45, 7) is 4.76. The van der Waals surface area contributed by atoms with Crippen molar-refractivity contribution in [3.63, 3.8) is 0 Å². The Morgan fingerprint density at radius 1 is 0.833 bits per heavy atom. The van der Waals surface area contributed by atoms with Gasteiger partial charge in [-0.05, 0) is 81.8 Å². The van der Waals surface area contributed by atoms with Crippen LogP contribution in [-0.4, -0.2) is 29.9 Å². The van der Waals surface area contributed by atoms with Gasteiger partial charge in [-0.1, -0.05) is 59.7 Å². The third-order valence-electron chi connectivity index (χ3n) is 6.99. The van der Waals surface area contributed by atoms with Crippen molar-refractivity contribution >= 4 is 60.5 Å². The molecule has 1 heterocycles. The maximum absolute atomic E-state index is 13.4. The van der Waals surface area contributed by atoms with Crippen LogP contribution in [0.4, 0.5) is 5.69 Å². The molecule has 8 nitrogen and oxygen atoms in total. The topological polar surface area (TPSA) is 127 Å². The van der Waals surface area contributed by atoms with Gasteiger partial charge >= 0.3 is 0 Å². The monoisotopic (exact) mass is 690 g/mol. The Morgan fingerprint density at radius 3 is 1.95 bits per heavy atom. The van der Waals surface area contributed by atoms with E-state index in [1.54, 1.807) is 12.1 Å². The average molecular weight is 692 g/mol. The van der Waals surface area contributed by atoms with E-state index in [0.717, 1.165) is 16.7 Å². The predicted molar refractivity (Wildman–Crippen MR) is 171 cm³/mol. The zero-order chi connectivity index (χ0) is 30.0. The van der Waals surface area contributed by atoms with Crippen molar-refractivity contribution in [1.82, 2.24) is 15.6 Å². The lowest BCUT2D eigenvalue weighted by atomic mass is 10.0. The van der Waals surface area contributed by atoms with Crippen LogP contribution in [0, 0.1) is 13.8 Å². The zero-order valence-electron chi connectivity index (χ0n) is 23.0. The first-order valence-corrected chi connectivity index (χ1v) is 14.9. The smallest absolute Gasteiger partial charge is 0.255 e. The summed E-state index contributed by atoms with van der Waals surface area (Å²) in [7, 11) is 0. The number of carbonyl (C=O) groups is 2. The third kappa shape index (κ3) is 6.10. The normalized spacial score (nSPS) is 11.1. The molecule has 2 aliphatic rings. The molecule has 0 atom stereocenters. The second-order valence-corrected chi connectivity index (χ2v) is 11.7. The zero-order valence-corrected chi connectivity index (χ0v) is 26.2. The highest BCUT2D eigenvalue weighted by Crippen LogP contribution is 2.37. The molecule has 0 unspecified atom stereocenters. The maximum Gasteiger partial charge on any atom is 0.255 e. The van der Waals surface area contributed by atoms with Crippen molar-refractivity contribution in [2.75, 3.05) is 18.8 Å². The van der Waals surface area contributed by atoms with Crippen molar-refractivity contribution in [3.05, 3.63) is 113 Å². The number of nitrogens with two attached hydrogens (primary N) is 1. The molecule has 10 heteroatoms. The summed E-state index contributed by atoms with van der Waals surface area (Å²) < 4.78 is 6.70. The summed E-state index contributed by atoms with van der Waals surface area (Å²) in [5.74, 6) is -0.850. The number of aryl methyl sites for hydroxylation is 2. The number of anilines is 1. The third-order valence-corrected chi connectivity index (χ3v) is 8.33. The fourth-order valence-electron chi connectivity index (χ4n) is 4.60. The van der Waals surface area contributed by atoms with Gasteiger partial charge in [-0.3, -0.25) is 14.4 Å². The number of nitrogen functional groups attached to an aromatic ring is 1. The standard InChI is InChI=1S/C32H28Br2N4O4/c1-17-3-7-19(8-4-17)13-15-36-31(40)21-11-12-22(33)29-26(21)38-27-23(25(35)28(39)24(34)30(27)42-29)32(41)37-16-14-20-9-5-18(2)6-10-20/h3-12H,13-16,35H2,1-2H3,(H,36,40)(H,37,41). The van der Waals surface area contributed by atoms with E-state index in [4.69, 9.17) is 15.1 Å². The van der Waals surface area contributed by atoms with Crippen LogP contribution in [0.5, 0.6) is 0 Å². The van der Waals surface area contributed by atoms with Crippen molar-refractivity contribution in [2.24, 2.45) is 0 Å². The maximum atomic E-state index is 13.4. The number of nitrogens with zero attached hydrogens (tertiary/aromatic N) is 1. The van der Waals surface area contributed by atoms with Crippen molar-refractivity contribution in [1.29, 1.82) is 0 Å². The van der Waals surface area contributed by atoms with E-state index in [-0.39, 0.29) is 49.7 Å². The molecule has 0 aromatic heterocycles. The molecular formula is C32H28Br2N4O4. The van der Waals surface area contributed by atoms with Gasteiger partial charge in [0, 0.05) is 13.1 Å². The molecule has 1 aliphatic heterocycles. The number of fused-ring (bicyclic) bond motifs is 2. The van der Waals surface area contributed by atoms with Gasteiger partial charge in [0.25, 0.3) is 11.8 Å². The van der Waals surface area contributed by atoms with Gasteiger partial charge < -0.3 is 20.8 Å². The largest absolute Gasteiger partial charge is 0.450 e. The Hall–Kier alpha value is -4.02. The van der Waals surface area contributed by atoms with E-state index in [9.17, 15) is 14.4 Å². The average Bonchev–Trinajstić information content (AvgIpc) is 2.98. The highest BCUT2D eigenvalue weighted by atomic mass is 79.9. The molecule has 5 rings (SSSR count). The van der Waals surface area contributed by atoms with Gasteiger partial charge in [-0.2, -0.15) is 0 Å². The number of hydrogen-bond donors (Lipinski definition) is 3. The molecule has 3 aromatic carbocycles. The van der Waals surface area contributed by atoms with Gasteiger partial charge in [0.2, 0.25) is 5.43 Å². The first-order chi connectivity index (χ1) is 20.1. The summed E-state index contributed by atoms with van der Waals surface area (Å²) in [4.78, 5) is 44.3. The summed E-state index contributed by atoms with van der Waals surface area (Å²) in [6.07, 6.45) is 1.25. The summed E-state index contributed by atoms with van der Waals surface area (Å²) >= 11 is 6.73. The first-order valence-electron chi connectivity index (χ1n) is 13.4. The highest BCUT2D eigenvalue weighted by molar-refractivity contribution is 9.11. The summed E-state index contributed by atoms with van der Waals surface area (Å²) in [5, 5.41) is 5.78. The van der Waals surface area contributed by atoms with Crippen molar-refractivity contribution in [2.45, 2.75) is 26.7 Å². The second kappa shape index (κ2) is 12.5. The fourth-order valence-corrected chi connectivity index (χ4v) is 5.48. The Balaban J connectivity index is 1.48. The number of nitrogens with one attached hydrogen (secondary N) is 2. The van der Waals surface area contributed by atoms with E-state index in [1.165, 1.54) is 5.56 Å². The minimum Gasteiger partial charge on any atom is -0.450 e. The molecule has 0 bridgehead atoms. The molecule has 4 N–H and O–H groups in total. The number of benzene rings is 4. The highest BCUT2D eigenvalue weighted by Gasteiger charge is 2.29. The number of rotatable bonds is 8. The first kappa shape index (κ1) is 29.5. The molecule has 1 aliphatic carbocycles. The lowest BCUT2D eigenvalue weighted by Crippen LogP contribution is -2.30. The number of amides is 2. The van der Waals surface area contributed by atoms with Gasteiger partial charge in [0.1, 0.15) is 15.7 Å². The summed E-state index contributed by atoms with van der Waals surface area (Å²) in [6, 6.07) is 19.4. The van der Waals surface area contributed by atoms with Gasteiger partial charge in [-0.25, -0.2) is 4.98 Å². The Labute approximate surface area is 259 Å². The molecule has 0 fully saturated rings. The number of carbonyl (C=O) groups excluding carboxylic acids is 2. The van der Waals surface area contributed by atoms with Crippen LogP contribution >= 0.6 is 31.9 Å².